The van der Waals surface area contributed by atoms with Crippen LogP contribution in [0.15, 0.2) is 35.5 Å². The summed E-state index contributed by atoms with van der Waals surface area (Å²) >= 11 is 0. The van der Waals surface area contributed by atoms with Crippen LogP contribution < -0.4 is 15.6 Å². The number of pyridine rings is 3. The van der Waals surface area contributed by atoms with Gasteiger partial charge in [0.2, 0.25) is 5.43 Å². The van der Waals surface area contributed by atoms with Crippen LogP contribution in [0, 0.1) is 17.6 Å². The fourth-order valence-electron chi connectivity index (χ4n) is 6.76. The molecular formula is C29H27F2N7O3. The van der Waals surface area contributed by atoms with Crippen LogP contribution >= 0.6 is 0 Å². The molecule has 6 heterocycles. The molecule has 0 saturated carbocycles. The summed E-state index contributed by atoms with van der Waals surface area (Å²) in [6.45, 7) is 2.47. The van der Waals surface area contributed by atoms with Crippen LogP contribution in [0.25, 0.3) is 44.1 Å². The van der Waals surface area contributed by atoms with E-state index in [0.29, 0.717) is 57.2 Å². The van der Waals surface area contributed by atoms with Gasteiger partial charge in [0.05, 0.1) is 33.1 Å². The van der Waals surface area contributed by atoms with Gasteiger partial charge in [0.1, 0.15) is 16.9 Å². The van der Waals surface area contributed by atoms with Gasteiger partial charge in [-0.25, -0.2) is 23.5 Å². The van der Waals surface area contributed by atoms with Crippen molar-refractivity contribution in [2.45, 2.75) is 12.5 Å². The number of anilines is 2. The highest BCUT2D eigenvalue weighted by molar-refractivity contribution is 6.18. The van der Waals surface area contributed by atoms with Crippen LogP contribution in [0.2, 0.25) is 0 Å². The highest BCUT2D eigenvalue weighted by Gasteiger charge is 2.42. The molecule has 0 radical (unpaired) electrons. The standard InChI is InChI=1S/C29H27F2N7O3/c1-32-19-7-18(30)23(31)21-22-25(38-5-4-13-10-36(2)12-20(13)38)16(9-33-27(22)35-24(19)21)14-6-15-26(39)17(29(40)41)11-37(3)28(15)34-8-14/h6-9,11,13,20,32H,4-5,10,12H2,1-3H3,(H,33,35)(H,40,41)/t13-,20?/m0/s1. The second-order valence-electron chi connectivity index (χ2n) is 11.0. The van der Waals surface area contributed by atoms with Gasteiger partial charge in [-0.2, -0.15) is 0 Å². The number of aromatic carboxylic acids is 1. The van der Waals surface area contributed by atoms with E-state index in [0.717, 1.165) is 25.6 Å². The van der Waals surface area contributed by atoms with Crippen molar-refractivity contribution in [2.75, 3.05) is 43.9 Å². The molecule has 3 N–H and O–H groups in total. The molecule has 2 atom stereocenters. The lowest BCUT2D eigenvalue weighted by atomic mass is 9.99. The number of aromatic amines is 1. The van der Waals surface area contributed by atoms with Crippen LogP contribution in [-0.2, 0) is 7.05 Å². The second-order valence-corrected chi connectivity index (χ2v) is 11.0. The summed E-state index contributed by atoms with van der Waals surface area (Å²) in [5.41, 5.74) is 2.35. The summed E-state index contributed by atoms with van der Waals surface area (Å²) in [6, 6.07) is 2.88. The first-order valence-corrected chi connectivity index (χ1v) is 13.4. The maximum absolute atomic E-state index is 15.6. The Balaban J connectivity index is 1.57. The van der Waals surface area contributed by atoms with Gasteiger partial charge >= 0.3 is 5.97 Å². The van der Waals surface area contributed by atoms with Gasteiger partial charge in [0, 0.05) is 75.6 Å². The van der Waals surface area contributed by atoms with Crippen LogP contribution in [-0.4, -0.2) is 75.3 Å². The Morgan fingerprint density at radius 2 is 1.95 bits per heavy atom. The number of nitrogens with one attached hydrogen (secondary N) is 2. The average Bonchev–Trinajstić information content (AvgIpc) is 3.64. The Morgan fingerprint density at radius 1 is 1.15 bits per heavy atom. The zero-order valence-electron chi connectivity index (χ0n) is 22.6. The van der Waals surface area contributed by atoms with Crippen molar-refractivity contribution in [1.82, 2.24) is 24.4 Å². The van der Waals surface area contributed by atoms with Crippen molar-refractivity contribution >= 4 is 50.3 Å². The zero-order valence-corrected chi connectivity index (χ0v) is 22.6. The second kappa shape index (κ2) is 8.96. The third-order valence-electron chi connectivity index (χ3n) is 8.61. The van der Waals surface area contributed by atoms with Gasteiger partial charge in [-0.3, -0.25) is 4.79 Å². The van der Waals surface area contributed by atoms with E-state index < -0.39 is 23.0 Å². The van der Waals surface area contributed by atoms with Gasteiger partial charge in [-0.15, -0.1) is 0 Å². The van der Waals surface area contributed by atoms with E-state index in [1.165, 1.54) is 10.8 Å². The quantitative estimate of drug-likeness (QED) is 0.304. The molecule has 2 fully saturated rings. The molecule has 10 nitrogen and oxygen atoms in total. The number of H-pyrrole nitrogens is 1. The summed E-state index contributed by atoms with van der Waals surface area (Å²) in [4.78, 5) is 41.8. The van der Waals surface area contributed by atoms with Crippen molar-refractivity contribution in [3.8, 4) is 11.1 Å². The van der Waals surface area contributed by atoms with Crippen molar-refractivity contribution in [2.24, 2.45) is 13.0 Å². The number of nitrogens with zero attached hydrogens (tertiary/aromatic N) is 5. The molecule has 210 valence electrons. The largest absolute Gasteiger partial charge is 0.477 e. The summed E-state index contributed by atoms with van der Waals surface area (Å²) in [6.07, 6.45) is 5.45. The number of carboxylic acid groups (broad SMARTS) is 1. The fraction of sp³-hybridized carbons (Fsp3) is 0.310. The summed E-state index contributed by atoms with van der Waals surface area (Å²) in [5.74, 6) is -2.86. The lowest BCUT2D eigenvalue weighted by Crippen LogP contribution is -2.35. The predicted molar refractivity (Wildman–Crippen MR) is 153 cm³/mol. The smallest absolute Gasteiger partial charge is 0.341 e. The lowest BCUT2D eigenvalue weighted by molar-refractivity contribution is 0.0695. The van der Waals surface area contributed by atoms with Gasteiger partial charge in [0.15, 0.2) is 11.6 Å². The first-order chi connectivity index (χ1) is 19.7. The highest BCUT2D eigenvalue weighted by Crippen LogP contribution is 2.46. The SMILES string of the molecule is CNc1cc(F)c(F)c2c1[nH]c1ncc(-c3cnc4c(c3)c(=O)c(C(=O)O)cn4C)c(N3CC[C@H]4CN(C)CC43)c12. The van der Waals surface area contributed by atoms with E-state index in [1.54, 1.807) is 32.6 Å². The molecule has 2 saturated heterocycles. The molecule has 12 heteroatoms. The molecule has 1 aromatic carbocycles. The summed E-state index contributed by atoms with van der Waals surface area (Å²) < 4.78 is 32.0. The molecule has 2 aliphatic rings. The van der Waals surface area contributed by atoms with Crippen LogP contribution in [0.5, 0.6) is 0 Å². The molecule has 0 bridgehead atoms. The Hall–Kier alpha value is -4.58. The van der Waals surface area contributed by atoms with Gasteiger partial charge in [0.25, 0.3) is 0 Å². The first kappa shape index (κ1) is 25.4. The number of fused-ring (bicyclic) bond motifs is 5. The number of likely N-dealkylation sites (N-methyl/N-ethyl adjacent to an activating group) is 1. The molecule has 5 aromatic rings. The van der Waals surface area contributed by atoms with Gasteiger partial charge < -0.3 is 29.8 Å². The zero-order chi connectivity index (χ0) is 28.7. The Bertz CT molecular complexity index is 1990. The number of hydrogen-bond acceptors (Lipinski definition) is 7. The Kier molecular flexibility index (Phi) is 5.55. The third-order valence-corrected chi connectivity index (χ3v) is 8.61. The minimum absolute atomic E-state index is 0.0985. The van der Waals surface area contributed by atoms with Crippen molar-refractivity contribution in [3.63, 3.8) is 0 Å². The Labute approximate surface area is 232 Å². The van der Waals surface area contributed by atoms with Gasteiger partial charge in [-0.1, -0.05) is 0 Å². The van der Waals surface area contributed by atoms with E-state index in [1.807, 2.05) is 0 Å². The van der Waals surface area contributed by atoms with Crippen molar-refractivity contribution < 1.29 is 18.7 Å². The maximum atomic E-state index is 15.6. The number of halogens is 2. The van der Waals surface area contributed by atoms with E-state index >= 15 is 4.39 Å². The van der Waals surface area contributed by atoms with Crippen LogP contribution in [0.4, 0.5) is 20.2 Å². The van der Waals surface area contributed by atoms with E-state index in [2.05, 4.69) is 37.1 Å². The van der Waals surface area contributed by atoms with E-state index in [9.17, 15) is 19.1 Å². The maximum Gasteiger partial charge on any atom is 0.341 e. The van der Waals surface area contributed by atoms with E-state index in [-0.39, 0.29) is 22.4 Å². The number of benzene rings is 1. The first-order valence-electron chi connectivity index (χ1n) is 13.4. The molecule has 0 spiro atoms. The molecule has 0 aliphatic carbocycles. The van der Waals surface area contributed by atoms with Gasteiger partial charge in [-0.05, 0) is 25.5 Å². The topological polar surface area (TPSA) is 119 Å². The number of carboxylic acids is 1. The number of aromatic nitrogens is 4. The van der Waals surface area contributed by atoms with Crippen molar-refractivity contribution in [1.29, 1.82) is 0 Å². The minimum atomic E-state index is -1.33. The van der Waals surface area contributed by atoms with Crippen molar-refractivity contribution in [3.05, 3.63) is 58.1 Å². The molecule has 0 amide bonds. The molecule has 41 heavy (non-hydrogen) atoms. The molecule has 1 unspecified atom stereocenters. The minimum Gasteiger partial charge on any atom is -0.477 e. The number of hydrogen-bond donors (Lipinski definition) is 3. The Morgan fingerprint density at radius 3 is 2.71 bits per heavy atom. The number of aryl methyl sites for hydroxylation is 1. The number of carbonyl (C=O) groups is 1. The third kappa shape index (κ3) is 3.63. The normalized spacial score (nSPS) is 19.1. The predicted octanol–water partition coefficient (Wildman–Crippen LogP) is 3.79. The molecule has 2 aliphatic heterocycles. The average molecular weight is 560 g/mol. The monoisotopic (exact) mass is 559 g/mol. The van der Waals surface area contributed by atoms with E-state index in [4.69, 9.17) is 0 Å². The lowest BCUT2D eigenvalue weighted by Gasteiger charge is -2.29. The van der Waals surface area contributed by atoms with Crippen LogP contribution in [0.3, 0.4) is 0 Å². The summed E-state index contributed by atoms with van der Waals surface area (Å²) in [5, 5.41) is 13.2. The number of rotatable bonds is 4. The molecule has 4 aromatic heterocycles. The van der Waals surface area contributed by atoms with Crippen LogP contribution in [0.1, 0.15) is 16.8 Å². The number of likely N-dealkylation sites (tertiary alicyclic amines) is 1. The fourth-order valence-corrected chi connectivity index (χ4v) is 6.76. The highest BCUT2D eigenvalue weighted by atomic mass is 19.2. The summed E-state index contributed by atoms with van der Waals surface area (Å²) in [7, 11) is 5.34. The molecular weight excluding hydrogens is 532 g/mol. The molecule has 7 rings (SSSR count).